The van der Waals surface area contributed by atoms with E-state index in [2.05, 4.69) is 30.0 Å². The highest BCUT2D eigenvalue weighted by Gasteiger charge is 2.26. The number of carboxylic acid groups (broad SMARTS) is 1. The quantitative estimate of drug-likeness (QED) is 0.103. The van der Waals surface area contributed by atoms with Gasteiger partial charge in [-0.1, -0.05) is 82.5 Å². The molecule has 0 unspecified atom stereocenters. The van der Waals surface area contributed by atoms with Crippen molar-refractivity contribution in [2.75, 3.05) is 26.4 Å². The number of aliphatic carboxylic acids is 1. The molecular formula is C33H43NO8. The van der Waals surface area contributed by atoms with Crippen molar-refractivity contribution in [2.24, 2.45) is 0 Å². The molecule has 1 atom stereocenters. The summed E-state index contributed by atoms with van der Waals surface area (Å²) in [4.78, 5) is 37.2. The standard InChI is InChI=1S/C33H43NO8/c1-5-9-10-11-12-13-14-15-16-17-23-42-33(38)27(18-19-30(35)36)34-32(37)26-24-28(39-20-6-2)31(41-22-8-4)29(25-26)40-21-7-3/h2-4,24-25,27H,5,9-23H2,1H3,(H,34,37)(H,35,36)/t27-/m1/s1. The number of rotatable bonds is 23. The van der Waals surface area contributed by atoms with Crippen molar-refractivity contribution in [2.45, 2.75) is 90.0 Å². The molecular weight excluding hydrogens is 538 g/mol. The number of benzene rings is 1. The maximum absolute atomic E-state index is 13.2. The molecule has 0 aliphatic heterocycles. The average Bonchev–Trinajstić information content (AvgIpc) is 2.98. The third kappa shape index (κ3) is 14.9. The maximum atomic E-state index is 13.2. The molecule has 9 nitrogen and oxygen atoms in total. The number of hydrogen-bond acceptors (Lipinski definition) is 7. The SMILES string of the molecule is C#CCOc1cc(C(=O)N[C@H](CCC(=O)O)C(=O)OCCCCCCCCCCCC)cc(OCC#C)c1OCC#C. The number of amides is 1. The zero-order valence-corrected chi connectivity index (χ0v) is 24.6. The third-order valence-electron chi connectivity index (χ3n) is 6.18. The van der Waals surface area contributed by atoms with Crippen LogP contribution in [0.5, 0.6) is 17.2 Å². The van der Waals surface area contributed by atoms with Gasteiger partial charge in [0.1, 0.15) is 25.9 Å². The minimum Gasteiger partial charge on any atom is -0.481 e. The predicted molar refractivity (Wildman–Crippen MR) is 160 cm³/mol. The lowest BCUT2D eigenvalue weighted by molar-refractivity contribution is -0.146. The Labute approximate surface area is 250 Å². The van der Waals surface area contributed by atoms with Gasteiger partial charge in [-0.3, -0.25) is 9.59 Å². The van der Waals surface area contributed by atoms with E-state index < -0.39 is 23.9 Å². The van der Waals surface area contributed by atoms with E-state index in [-0.39, 0.29) is 62.1 Å². The Morgan fingerprint density at radius 3 is 1.81 bits per heavy atom. The first-order chi connectivity index (χ1) is 20.4. The molecule has 42 heavy (non-hydrogen) atoms. The molecule has 2 N–H and O–H groups in total. The number of hydrogen-bond donors (Lipinski definition) is 2. The number of unbranched alkanes of at least 4 members (excludes halogenated alkanes) is 9. The van der Waals surface area contributed by atoms with Crippen LogP contribution in [-0.4, -0.2) is 55.4 Å². The first-order valence-corrected chi connectivity index (χ1v) is 14.4. The van der Waals surface area contributed by atoms with E-state index in [1.807, 2.05) is 0 Å². The minimum absolute atomic E-state index is 0.0323. The number of carboxylic acids is 1. The number of esters is 1. The molecule has 228 valence electrons. The lowest BCUT2D eigenvalue weighted by atomic mass is 10.1. The van der Waals surface area contributed by atoms with Gasteiger partial charge in [-0.15, -0.1) is 19.3 Å². The number of carbonyl (C=O) groups is 3. The topological polar surface area (TPSA) is 120 Å². The molecule has 0 radical (unpaired) electrons. The molecule has 0 fully saturated rings. The van der Waals surface area contributed by atoms with Crippen LogP contribution >= 0.6 is 0 Å². The molecule has 0 aromatic heterocycles. The van der Waals surface area contributed by atoms with E-state index in [0.29, 0.717) is 6.42 Å². The summed E-state index contributed by atoms with van der Waals surface area (Å²) in [5.41, 5.74) is 0.0323. The van der Waals surface area contributed by atoms with E-state index in [1.165, 1.54) is 50.7 Å². The van der Waals surface area contributed by atoms with Crippen LogP contribution in [0.2, 0.25) is 0 Å². The first kappa shape index (κ1) is 35.7. The average molecular weight is 582 g/mol. The molecule has 1 aromatic rings. The van der Waals surface area contributed by atoms with E-state index in [1.54, 1.807) is 0 Å². The smallest absolute Gasteiger partial charge is 0.328 e. The van der Waals surface area contributed by atoms with Gasteiger partial charge in [0.05, 0.1) is 6.61 Å². The Bertz CT molecular complexity index is 1070. The Morgan fingerprint density at radius 2 is 1.31 bits per heavy atom. The molecule has 0 aliphatic rings. The summed E-state index contributed by atoms with van der Waals surface area (Å²) in [6.07, 6.45) is 26.8. The molecule has 1 rings (SSSR count). The van der Waals surface area contributed by atoms with Crippen molar-refractivity contribution in [1.82, 2.24) is 5.32 Å². The minimum atomic E-state index is -1.18. The number of ether oxygens (including phenoxy) is 4. The molecule has 0 spiro atoms. The van der Waals surface area contributed by atoms with Gasteiger partial charge in [-0.2, -0.15) is 0 Å². The van der Waals surface area contributed by atoms with Crippen molar-refractivity contribution >= 4 is 17.8 Å². The molecule has 1 aromatic carbocycles. The van der Waals surface area contributed by atoms with Crippen molar-refractivity contribution in [3.8, 4) is 54.3 Å². The number of terminal acetylenes is 3. The van der Waals surface area contributed by atoms with Crippen LogP contribution in [0.3, 0.4) is 0 Å². The highest BCUT2D eigenvalue weighted by molar-refractivity contribution is 5.98. The zero-order valence-electron chi connectivity index (χ0n) is 24.6. The Morgan fingerprint density at radius 1 is 0.810 bits per heavy atom. The van der Waals surface area contributed by atoms with Crippen molar-refractivity contribution < 1.29 is 38.4 Å². The number of carbonyl (C=O) groups excluding carboxylic acids is 2. The van der Waals surface area contributed by atoms with Crippen LogP contribution in [-0.2, 0) is 14.3 Å². The number of nitrogens with one attached hydrogen (secondary N) is 1. The van der Waals surface area contributed by atoms with Crippen LogP contribution in [0, 0.1) is 37.0 Å². The van der Waals surface area contributed by atoms with Crippen LogP contribution in [0.25, 0.3) is 0 Å². The molecule has 1 amide bonds. The van der Waals surface area contributed by atoms with E-state index in [4.69, 9.17) is 43.3 Å². The van der Waals surface area contributed by atoms with E-state index >= 15 is 0 Å². The largest absolute Gasteiger partial charge is 0.481 e. The Hall–Kier alpha value is -4.29. The first-order valence-electron chi connectivity index (χ1n) is 14.4. The molecule has 0 aliphatic carbocycles. The Balaban J connectivity index is 2.86. The van der Waals surface area contributed by atoms with Crippen molar-refractivity contribution in [3.63, 3.8) is 0 Å². The summed E-state index contributed by atoms with van der Waals surface area (Å²) in [5.74, 6) is 4.73. The molecule has 9 heteroatoms. The fraction of sp³-hybridized carbons (Fsp3) is 0.545. The van der Waals surface area contributed by atoms with E-state index in [9.17, 15) is 14.4 Å². The van der Waals surface area contributed by atoms with Crippen LogP contribution < -0.4 is 19.5 Å². The van der Waals surface area contributed by atoms with Gasteiger partial charge in [-0.25, -0.2) is 4.79 Å². The molecule has 0 saturated carbocycles. The van der Waals surface area contributed by atoms with Gasteiger partial charge in [-0.05, 0) is 25.0 Å². The van der Waals surface area contributed by atoms with Crippen LogP contribution in [0.15, 0.2) is 12.1 Å². The lowest BCUT2D eigenvalue weighted by Crippen LogP contribution is -2.42. The summed E-state index contributed by atoms with van der Waals surface area (Å²) >= 11 is 0. The van der Waals surface area contributed by atoms with Crippen molar-refractivity contribution in [3.05, 3.63) is 17.7 Å². The van der Waals surface area contributed by atoms with Gasteiger partial charge >= 0.3 is 11.9 Å². The van der Waals surface area contributed by atoms with Gasteiger partial charge in [0.15, 0.2) is 11.5 Å². The van der Waals surface area contributed by atoms with Gasteiger partial charge in [0, 0.05) is 12.0 Å². The maximum Gasteiger partial charge on any atom is 0.328 e. The molecule has 0 saturated heterocycles. The Kier molecular flexibility index (Phi) is 19.1. The summed E-state index contributed by atoms with van der Waals surface area (Å²) in [6, 6.07) is 1.52. The monoisotopic (exact) mass is 581 g/mol. The van der Waals surface area contributed by atoms with Gasteiger partial charge < -0.3 is 29.4 Å². The zero-order chi connectivity index (χ0) is 31.0. The third-order valence-corrected chi connectivity index (χ3v) is 6.18. The van der Waals surface area contributed by atoms with Crippen LogP contribution in [0.1, 0.15) is 94.3 Å². The summed E-state index contributed by atoms with van der Waals surface area (Å²) in [6.45, 7) is 1.99. The fourth-order valence-electron chi connectivity index (χ4n) is 4.04. The van der Waals surface area contributed by atoms with E-state index in [0.717, 1.165) is 19.3 Å². The fourth-order valence-corrected chi connectivity index (χ4v) is 4.04. The van der Waals surface area contributed by atoms with Gasteiger partial charge in [0.2, 0.25) is 5.75 Å². The van der Waals surface area contributed by atoms with Gasteiger partial charge in [0.25, 0.3) is 5.91 Å². The second-order valence-corrected chi connectivity index (χ2v) is 9.59. The summed E-state index contributed by atoms with van der Waals surface area (Å²) < 4.78 is 22.0. The van der Waals surface area contributed by atoms with Crippen molar-refractivity contribution in [1.29, 1.82) is 0 Å². The molecule has 0 bridgehead atoms. The summed E-state index contributed by atoms with van der Waals surface area (Å²) in [5, 5.41) is 11.7. The second-order valence-electron chi connectivity index (χ2n) is 9.59. The highest BCUT2D eigenvalue weighted by atomic mass is 16.5. The normalized spacial score (nSPS) is 10.8. The predicted octanol–water partition coefficient (Wildman–Crippen LogP) is 5.15. The highest BCUT2D eigenvalue weighted by Crippen LogP contribution is 2.39. The lowest BCUT2D eigenvalue weighted by Gasteiger charge is -2.19. The summed E-state index contributed by atoms with van der Waals surface area (Å²) in [7, 11) is 0. The van der Waals surface area contributed by atoms with Crippen LogP contribution in [0.4, 0.5) is 0 Å². The second kappa shape index (κ2) is 22.4. The molecule has 0 heterocycles.